The third-order valence-corrected chi connectivity index (χ3v) is 4.71. The predicted molar refractivity (Wildman–Crippen MR) is 81.6 cm³/mol. The monoisotopic (exact) mass is 369 g/mol. The molecule has 0 bridgehead atoms. The van der Waals surface area contributed by atoms with E-state index in [1.165, 1.54) is 24.3 Å². The lowest BCUT2D eigenvalue weighted by Crippen LogP contribution is -2.23. The fourth-order valence-corrected chi connectivity index (χ4v) is 2.97. The number of carboxylic acids is 1. The van der Waals surface area contributed by atoms with Crippen LogP contribution in [0.4, 0.5) is 0 Å². The van der Waals surface area contributed by atoms with Gasteiger partial charge in [0.2, 0.25) is 10.0 Å². The average Bonchev–Trinajstić information content (AvgIpc) is 2.46. The van der Waals surface area contributed by atoms with Gasteiger partial charge in [-0.1, -0.05) is 28.1 Å². The van der Waals surface area contributed by atoms with Crippen molar-refractivity contribution in [3.8, 4) is 0 Å². The van der Waals surface area contributed by atoms with E-state index in [2.05, 4.69) is 20.7 Å². The summed E-state index contributed by atoms with van der Waals surface area (Å²) in [5, 5.41) is 8.90. The van der Waals surface area contributed by atoms with Gasteiger partial charge in [-0.3, -0.25) is 0 Å². The van der Waals surface area contributed by atoms with Crippen LogP contribution >= 0.6 is 15.9 Å². The van der Waals surface area contributed by atoms with E-state index in [-0.39, 0.29) is 17.0 Å². The third-order valence-electron chi connectivity index (χ3n) is 2.76. The van der Waals surface area contributed by atoms with Gasteiger partial charge < -0.3 is 5.11 Å². The SMILES string of the molecule is O=C(O)c1cccc(CNS(=O)(=O)c2ccc(Br)cc2)c1. The Hall–Kier alpha value is -1.70. The molecule has 0 saturated heterocycles. The molecule has 0 radical (unpaired) electrons. The third kappa shape index (κ3) is 4.13. The molecule has 21 heavy (non-hydrogen) atoms. The zero-order valence-corrected chi connectivity index (χ0v) is 13.2. The Morgan fingerprint density at radius 3 is 2.43 bits per heavy atom. The van der Waals surface area contributed by atoms with Crippen LogP contribution in [0.25, 0.3) is 0 Å². The van der Waals surface area contributed by atoms with Gasteiger partial charge in [0.25, 0.3) is 0 Å². The van der Waals surface area contributed by atoms with Crippen LogP contribution in [-0.2, 0) is 16.6 Å². The molecule has 0 aliphatic carbocycles. The Kier molecular flexibility index (Phi) is 4.76. The molecule has 0 saturated carbocycles. The number of hydrogen-bond acceptors (Lipinski definition) is 3. The number of nitrogens with one attached hydrogen (secondary N) is 1. The van der Waals surface area contributed by atoms with Gasteiger partial charge >= 0.3 is 5.97 Å². The highest BCUT2D eigenvalue weighted by Gasteiger charge is 2.13. The van der Waals surface area contributed by atoms with Crippen LogP contribution in [0.15, 0.2) is 57.9 Å². The van der Waals surface area contributed by atoms with E-state index < -0.39 is 16.0 Å². The topological polar surface area (TPSA) is 83.5 Å². The van der Waals surface area contributed by atoms with Crippen molar-refractivity contribution in [3.63, 3.8) is 0 Å². The second-order valence-corrected chi connectivity index (χ2v) is 6.97. The molecule has 5 nitrogen and oxygen atoms in total. The minimum atomic E-state index is -3.63. The van der Waals surface area contributed by atoms with Crippen LogP contribution in [0.5, 0.6) is 0 Å². The normalized spacial score (nSPS) is 11.3. The maximum atomic E-state index is 12.1. The maximum absolute atomic E-state index is 12.1. The molecule has 0 fully saturated rings. The lowest BCUT2D eigenvalue weighted by molar-refractivity contribution is 0.0696. The molecule has 0 spiro atoms. The molecule has 0 aromatic heterocycles. The highest BCUT2D eigenvalue weighted by molar-refractivity contribution is 9.10. The summed E-state index contributed by atoms with van der Waals surface area (Å²) in [6, 6.07) is 12.4. The summed E-state index contributed by atoms with van der Waals surface area (Å²) in [5.41, 5.74) is 0.700. The molecular formula is C14H12BrNO4S. The molecule has 2 aromatic carbocycles. The summed E-state index contributed by atoms with van der Waals surface area (Å²) >= 11 is 3.24. The predicted octanol–water partition coefficient (Wildman–Crippen LogP) is 2.63. The summed E-state index contributed by atoms with van der Waals surface area (Å²) in [5.74, 6) is -1.05. The van der Waals surface area contributed by atoms with Gasteiger partial charge in [0.1, 0.15) is 0 Å². The lowest BCUT2D eigenvalue weighted by atomic mass is 10.1. The van der Waals surface area contributed by atoms with Gasteiger partial charge in [-0.2, -0.15) is 0 Å². The van der Waals surface area contributed by atoms with E-state index in [4.69, 9.17) is 5.11 Å². The quantitative estimate of drug-likeness (QED) is 0.848. The Morgan fingerprint density at radius 1 is 1.14 bits per heavy atom. The molecule has 0 atom stereocenters. The van der Waals surface area contributed by atoms with Crippen LogP contribution in [0.3, 0.4) is 0 Å². The van der Waals surface area contributed by atoms with E-state index >= 15 is 0 Å². The minimum Gasteiger partial charge on any atom is -0.478 e. The molecular weight excluding hydrogens is 358 g/mol. The van der Waals surface area contributed by atoms with Crippen molar-refractivity contribution in [2.75, 3.05) is 0 Å². The smallest absolute Gasteiger partial charge is 0.335 e. The summed E-state index contributed by atoms with van der Waals surface area (Å²) in [6.45, 7) is 0.0273. The number of carbonyl (C=O) groups is 1. The van der Waals surface area contributed by atoms with Gasteiger partial charge in [-0.05, 0) is 42.0 Å². The van der Waals surface area contributed by atoms with Gasteiger partial charge in [-0.15, -0.1) is 0 Å². The second-order valence-electron chi connectivity index (χ2n) is 4.28. The zero-order chi connectivity index (χ0) is 15.5. The fourth-order valence-electron chi connectivity index (χ4n) is 1.69. The summed E-state index contributed by atoms with van der Waals surface area (Å²) in [6.07, 6.45) is 0. The van der Waals surface area contributed by atoms with E-state index in [9.17, 15) is 13.2 Å². The standard InChI is InChI=1S/C14H12BrNO4S/c15-12-4-6-13(7-5-12)21(19,20)16-9-10-2-1-3-11(8-10)14(17)18/h1-8,16H,9H2,(H,17,18). The van der Waals surface area contributed by atoms with Crippen LogP contribution in [0, 0.1) is 0 Å². The Labute approximate surface area is 130 Å². The number of halogens is 1. The second kappa shape index (κ2) is 6.38. The summed E-state index contributed by atoms with van der Waals surface area (Å²) in [4.78, 5) is 11.0. The number of aromatic carboxylic acids is 1. The number of rotatable bonds is 5. The Bertz CT molecular complexity index is 757. The molecule has 2 N–H and O–H groups in total. The maximum Gasteiger partial charge on any atom is 0.335 e. The van der Waals surface area contributed by atoms with Crippen LogP contribution in [0.2, 0.25) is 0 Å². The number of benzene rings is 2. The van der Waals surface area contributed by atoms with Gasteiger partial charge in [-0.25, -0.2) is 17.9 Å². The van der Waals surface area contributed by atoms with Crippen molar-refractivity contribution in [3.05, 3.63) is 64.1 Å². The Morgan fingerprint density at radius 2 is 1.81 bits per heavy atom. The lowest BCUT2D eigenvalue weighted by Gasteiger charge is -2.07. The van der Waals surface area contributed by atoms with Crippen molar-refractivity contribution in [2.24, 2.45) is 0 Å². The molecule has 7 heteroatoms. The van der Waals surface area contributed by atoms with Crippen molar-refractivity contribution in [2.45, 2.75) is 11.4 Å². The zero-order valence-electron chi connectivity index (χ0n) is 10.8. The van der Waals surface area contributed by atoms with E-state index in [0.29, 0.717) is 5.56 Å². The molecule has 0 aliphatic heterocycles. The van der Waals surface area contributed by atoms with Crippen LogP contribution in [-0.4, -0.2) is 19.5 Å². The van der Waals surface area contributed by atoms with E-state index in [0.717, 1.165) is 4.47 Å². The molecule has 2 rings (SSSR count). The largest absolute Gasteiger partial charge is 0.478 e. The first-order valence-corrected chi connectivity index (χ1v) is 8.23. The van der Waals surface area contributed by atoms with Crippen molar-refractivity contribution < 1.29 is 18.3 Å². The van der Waals surface area contributed by atoms with E-state index in [1.54, 1.807) is 24.3 Å². The van der Waals surface area contributed by atoms with Gasteiger partial charge in [0.15, 0.2) is 0 Å². The molecule has 0 unspecified atom stereocenters. The van der Waals surface area contributed by atoms with Crippen molar-refractivity contribution in [1.29, 1.82) is 0 Å². The van der Waals surface area contributed by atoms with E-state index in [1.807, 2.05) is 0 Å². The summed E-state index contributed by atoms with van der Waals surface area (Å²) < 4.78 is 27.4. The Balaban J connectivity index is 2.13. The molecule has 0 heterocycles. The highest BCUT2D eigenvalue weighted by Crippen LogP contribution is 2.15. The van der Waals surface area contributed by atoms with Gasteiger partial charge in [0.05, 0.1) is 10.5 Å². The molecule has 2 aromatic rings. The first-order valence-electron chi connectivity index (χ1n) is 5.96. The van der Waals surface area contributed by atoms with Crippen molar-refractivity contribution >= 4 is 31.9 Å². The number of carboxylic acid groups (broad SMARTS) is 1. The highest BCUT2D eigenvalue weighted by atomic mass is 79.9. The first-order chi connectivity index (χ1) is 9.88. The fraction of sp³-hybridized carbons (Fsp3) is 0.0714. The summed E-state index contributed by atoms with van der Waals surface area (Å²) in [7, 11) is -3.63. The molecule has 110 valence electrons. The number of sulfonamides is 1. The van der Waals surface area contributed by atoms with Gasteiger partial charge in [0, 0.05) is 11.0 Å². The minimum absolute atomic E-state index is 0.0273. The first kappa shape index (κ1) is 15.7. The van der Waals surface area contributed by atoms with Crippen molar-refractivity contribution in [1.82, 2.24) is 4.72 Å². The molecule has 0 aliphatic rings. The average molecular weight is 370 g/mol. The number of hydrogen-bond donors (Lipinski definition) is 2. The molecule has 0 amide bonds. The van der Waals surface area contributed by atoms with Crippen LogP contribution < -0.4 is 4.72 Å². The van der Waals surface area contributed by atoms with Crippen LogP contribution in [0.1, 0.15) is 15.9 Å².